The van der Waals surface area contributed by atoms with Crippen LogP contribution in [-0.2, 0) is 9.59 Å². The van der Waals surface area contributed by atoms with Gasteiger partial charge in [0.15, 0.2) is 0 Å². The molecule has 146 valence electrons. The highest BCUT2D eigenvalue weighted by Gasteiger charge is 2.45. The number of amides is 2. The number of imide groups is 1. The molecule has 1 aromatic carbocycles. The highest BCUT2D eigenvalue weighted by atomic mass is 16.6. The third-order valence-electron chi connectivity index (χ3n) is 5.27. The number of aliphatic hydroxyl groups is 1. The van der Waals surface area contributed by atoms with Gasteiger partial charge in [-0.05, 0) is 31.9 Å². The molecule has 2 aliphatic heterocycles. The largest absolute Gasteiger partial charge is 0.494 e. The van der Waals surface area contributed by atoms with Crippen molar-refractivity contribution in [1.82, 2.24) is 4.90 Å². The summed E-state index contributed by atoms with van der Waals surface area (Å²) in [4.78, 5) is 39.2. The molecule has 0 saturated carbocycles. The highest BCUT2D eigenvalue weighted by Crippen LogP contribution is 2.37. The minimum absolute atomic E-state index is 0.0376. The number of carbonyl (C=O) groups is 2. The van der Waals surface area contributed by atoms with E-state index in [0.29, 0.717) is 13.0 Å². The fraction of sp³-hybridized carbons (Fsp3) is 0.556. The van der Waals surface area contributed by atoms with Gasteiger partial charge in [0.25, 0.3) is 11.6 Å². The molecule has 0 aromatic heterocycles. The van der Waals surface area contributed by atoms with Crippen LogP contribution in [0.15, 0.2) is 18.2 Å². The number of hydrogen-bond donors (Lipinski definition) is 1. The van der Waals surface area contributed by atoms with Gasteiger partial charge >= 0.3 is 0 Å². The van der Waals surface area contributed by atoms with Crippen LogP contribution in [-0.4, -0.2) is 59.1 Å². The predicted molar refractivity (Wildman–Crippen MR) is 96.6 cm³/mol. The maximum Gasteiger partial charge on any atom is 0.273 e. The van der Waals surface area contributed by atoms with Crippen molar-refractivity contribution in [2.75, 3.05) is 25.2 Å². The second-order valence-corrected chi connectivity index (χ2v) is 6.80. The minimum Gasteiger partial charge on any atom is -0.494 e. The summed E-state index contributed by atoms with van der Waals surface area (Å²) in [6, 6.07) is 3.33. The number of nitrogens with zero attached hydrogens (tertiary/aromatic N) is 3. The van der Waals surface area contributed by atoms with E-state index in [1.165, 1.54) is 25.3 Å². The molecule has 9 nitrogen and oxygen atoms in total. The molecule has 2 heterocycles. The van der Waals surface area contributed by atoms with Crippen molar-refractivity contribution >= 4 is 23.2 Å². The Balaban J connectivity index is 1.89. The summed E-state index contributed by atoms with van der Waals surface area (Å²) < 4.78 is 5.19. The molecular formula is C18H23N3O6. The molecule has 2 fully saturated rings. The van der Waals surface area contributed by atoms with Crippen LogP contribution in [0.25, 0.3) is 0 Å². The van der Waals surface area contributed by atoms with Gasteiger partial charge in [0.1, 0.15) is 5.75 Å². The third kappa shape index (κ3) is 3.65. The van der Waals surface area contributed by atoms with Crippen LogP contribution >= 0.6 is 0 Å². The van der Waals surface area contributed by atoms with Crippen molar-refractivity contribution in [2.24, 2.45) is 0 Å². The summed E-state index contributed by atoms with van der Waals surface area (Å²) in [5, 5.41) is 20.3. The van der Waals surface area contributed by atoms with E-state index in [1.807, 2.05) is 4.90 Å². The first-order valence-corrected chi connectivity index (χ1v) is 9.03. The number of carbonyl (C=O) groups excluding carboxylic acids is 2. The van der Waals surface area contributed by atoms with Crippen molar-refractivity contribution in [3.63, 3.8) is 0 Å². The van der Waals surface area contributed by atoms with Crippen LogP contribution in [0.5, 0.6) is 5.75 Å². The molecule has 9 heteroatoms. The number of nitro groups is 1. The lowest BCUT2D eigenvalue weighted by Crippen LogP contribution is -2.50. The van der Waals surface area contributed by atoms with Crippen molar-refractivity contribution in [3.05, 3.63) is 28.3 Å². The lowest BCUT2D eigenvalue weighted by atomic mass is 9.97. The number of likely N-dealkylation sites (tertiary alicyclic amines) is 1. The molecule has 2 aliphatic rings. The van der Waals surface area contributed by atoms with Gasteiger partial charge in [0, 0.05) is 18.7 Å². The number of methoxy groups -OCH3 is 1. The Morgan fingerprint density at radius 3 is 2.78 bits per heavy atom. The number of piperidine rings is 1. The quantitative estimate of drug-likeness (QED) is 0.454. The number of hydrogen-bond acceptors (Lipinski definition) is 7. The molecule has 1 N–H and O–H groups in total. The van der Waals surface area contributed by atoms with Gasteiger partial charge in [-0.15, -0.1) is 0 Å². The van der Waals surface area contributed by atoms with Crippen molar-refractivity contribution in [1.29, 1.82) is 0 Å². The molecule has 1 aromatic rings. The summed E-state index contributed by atoms with van der Waals surface area (Å²) >= 11 is 0. The van der Waals surface area contributed by atoms with Crippen LogP contribution < -0.4 is 9.64 Å². The molecule has 2 atom stereocenters. The van der Waals surface area contributed by atoms with E-state index < -0.39 is 11.0 Å². The summed E-state index contributed by atoms with van der Waals surface area (Å²) in [7, 11) is 1.34. The molecule has 0 spiro atoms. The van der Waals surface area contributed by atoms with Gasteiger partial charge in [-0.2, -0.15) is 0 Å². The lowest BCUT2D eigenvalue weighted by molar-refractivity contribution is -0.384. The predicted octanol–water partition coefficient (Wildman–Crippen LogP) is 1.47. The van der Waals surface area contributed by atoms with Crippen LogP contribution in [0.2, 0.25) is 0 Å². The van der Waals surface area contributed by atoms with Crippen LogP contribution in [0.1, 0.15) is 32.1 Å². The molecule has 0 aliphatic carbocycles. The maximum atomic E-state index is 13.1. The number of benzene rings is 1. The van der Waals surface area contributed by atoms with Gasteiger partial charge in [-0.25, -0.2) is 4.90 Å². The zero-order valence-electron chi connectivity index (χ0n) is 15.2. The Morgan fingerprint density at radius 2 is 2.11 bits per heavy atom. The summed E-state index contributed by atoms with van der Waals surface area (Å²) in [5.74, 6) is -0.598. The standard InChI is InChI=1S/C18H23N3O6/c1-27-16-10-13(21(25)26)5-6-14(16)20-17(23)11-15(18(20)24)19-8-3-2-4-12(19)7-9-22/h5-6,10,12,15,22H,2-4,7-9,11H2,1H3/t12-,15+/m1/s1. The lowest BCUT2D eigenvalue weighted by Gasteiger charge is -2.38. The second-order valence-electron chi connectivity index (χ2n) is 6.80. The van der Waals surface area contributed by atoms with Gasteiger partial charge in [-0.3, -0.25) is 24.6 Å². The number of nitro benzene ring substituents is 1. The summed E-state index contributed by atoms with van der Waals surface area (Å²) in [6.07, 6.45) is 3.50. The molecule has 3 rings (SSSR count). The number of aliphatic hydroxyl groups excluding tert-OH is 1. The monoisotopic (exact) mass is 377 g/mol. The fourth-order valence-corrected chi connectivity index (χ4v) is 3.98. The minimum atomic E-state index is -0.575. The third-order valence-corrected chi connectivity index (χ3v) is 5.27. The first-order valence-electron chi connectivity index (χ1n) is 9.03. The van der Waals surface area contributed by atoms with E-state index in [9.17, 15) is 24.8 Å². The zero-order valence-corrected chi connectivity index (χ0v) is 15.2. The molecule has 2 saturated heterocycles. The smallest absolute Gasteiger partial charge is 0.273 e. The van der Waals surface area contributed by atoms with E-state index in [2.05, 4.69) is 0 Å². The van der Waals surface area contributed by atoms with Gasteiger partial charge < -0.3 is 9.84 Å². The molecular weight excluding hydrogens is 354 g/mol. The average Bonchev–Trinajstić information content (AvgIpc) is 2.96. The van der Waals surface area contributed by atoms with Crippen molar-refractivity contribution in [3.8, 4) is 5.75 Å². The van der Waals surface area contributed by atoms with E-state index in [-0.39, 0.29) is 48.0 Å². The zero-order chi connectivity index (χ0) is 19.6. The van der Waals surface area contributed by atoms with Crippen molar-refractivity contribution in [2.45, 2.75) is 44.2 Å². The first-order chi connectivity index (χ1) is 13.0. The molecule has 0 radical (unpaired) electrons. The SMILES string of the molecule is COc1cc([N+](=O)[O-])ccc1N1C(=O)C[C@H](N2CCCC[C@@H]2CCO)C1=O. The summed E-state index contributed by atoms with van der Waals surface area (Å²) in [6.45, 7) is 0.746. The highest BCUT2D eigenvalue weighted by molar-refractivity contribution is 6.23. The molecule has 2 amide bonds. The van der Waals surface area contributed by atoms with Crippen LogP contribution in [0, 0.1) is 10.1 Å². The van der Waals surface area contributed by atoms with Crippen molar-refractivity contribution < 1.29 is 24.4 Å². The Morgan fingerprint density at radius 1 is 1.33 bits per heavy atom. The fourth-order valence-electron chi connectivity index (χ4n) is 3.98. The summed E-state index contributed by atoms with van der Waals surface area (Å²) in [5.41, 5.74) is 0.0432. The number of rotatable bonds is 6. The molecule has 0 bridgehead atoms. The molecule has 0 unspecified atom stereocenters. The van der Waals surface area contributed by atoms with E-state index in [4.69, 9.17) is 4.74 Å². The first kappa shape index (κ1) is 19.2. The van der Waals surface area contributed by atoms with Crippen LogP contribution in [0.4, 0.5) is 11.4 Å². The Kier molecular flexibility index (Phi) is 5.71. The second kappa shape index (κ2) is 8.01. The Hall–Kier alpha value is -2.52. The topological polar surface area (TPSA) is 113 Å². The molecule has 27 heavy (non-hydrogen) atoms. The number of ether oxygens (including phenoxy) is 1. The van der Waals surface area contributed by atoms with Gasteiger partial charge in [-0.1, -0.05) is 6.42 Å². The normalized spacial score (nSPS) is 23.7. The average molecular weight is 377 g/mol. The maximum absolute atomic E-state index is 13.1. The van der Waals surface area contributed by atoms with E-state index in [1.54, 1.807) is 0 Å². The number of non-ortho nitro benzene ring substituents is 1. The van der Waals surface area contributed by atoms with E-state index in [0.717, 1.165) is 24.2 Å². The number of anilines is 1. The Bertz CT molecular complexity index is 751. The van der Waals surface area contributed by atoms with Crippen LogP contribution in [0.3, 0.4) is 0 Å². The van der Waals surface area contributed by atoms with Gasteiger partial charge in [0.05, 0.1) is 36.2 Å². The van der Waals surface area contributed by atoms with E-state index >= 15 is 0 Å². The Labute approximate surface area is 156 Å². The van der Waals surface area contributed by atoms with Gasteiger partial charge in [0.2, 0.25) is 5.91 Å².